The normalized spacial score (nSPS) is 14.9. The molecule has 0 aliphatic carbocycles. The lowest BCUT2D eigenvalue weighted by molar-refractivity contribution is -0.138. The van der Waals surface area contributed by atoms with E-state index in [4.69, 9.17) is 5.26 Å². The number of alkyl halides is 6. The molecule has 0 radical (unpaired) electrons. The van der Waals surface area contributed by atoms with Crippen LogP contribution in [0, 0.1) is 11.3 Å². The summed E-state index contributed by atoms with van der Waals surface area (Å²) in [6.45, 7) is 3.48. The van der Waals surface area contributed by atoms with Gasteiger partial charge in [-0.2, -0.15) is 31.6 Å². The quantitative estimate of drug-likeness (QED) is 0.530. The first kappa shape index (κ1) is 27.5. The van der Waals surface area contributed by atoms with Crippen LogP contribution in [0.25, 0.3) is 0 Å². The van der Waals surface area contributed by atoms with E-state index in [1.165, 1.54) is 26.8 Å². The second kappa shape index (κ2) is 9.11. The lowest BCUT2D eigenvalue weighted by Gasteiger charge is -2.32. The average molecular weight is 508 g/mol. The Hall–Kier alpha value is -2.78. The molecule has 0 aliphatic rings. The van der Waals surface area contributed by atoms with Gasteiger partial charge in [-0.1, -0.05) is 12.1 Å². The predicted octanol–water partition coefficient (Wildman–Crippen LogP) is 5.11. The molecule has 0 saturated heterocycles. The molecule has 0 aromatic heterocycles. The number of sulfone groups is 1. The summed E-state index contributed by atoms with van der Waals surface area (Å²) in [6, 6.07) is 7.29. The third kappa shape index (κ3) is 6.21. The molecule has 0 amide bonds. The van der Waals surface area contributed by atoms with Crippen molar-refractivity contribution in [1.29, 1.82) is 5.26 Å². The number of hydrogen-bond acceptors (Lipinski definition) is 5. The summed E-state index contributed by atoms with van der Waals surface area (Å²) in [6.07, 6.45) is -9.51. The number of nitriles is 1. The maximum Gasteiger partial charge on any atom is 0.417 e. The highest BCUT2D eigenvalue weighted by Crippen LogP contribution is 2.35. The van der Waals surface area contributed by atoms with E-state index in [9.17, 15) is 39.9 Å². The summed E-state index contributed by atoms with van der Waals surface area (Å²) in [4.78, 5) is 0. The minimum Gasteiger partial charge on any atom is -0.382 e. The van der Waals surface area contributed by atoms with Crippen molar-refractivity contribution in [3.63, 3.8) is 0 Å². The molecular weight excluding hydrogens is 486 g/mol. The van der Waals surface area contributed by atoms with Crippen LogP contribution in [0.3, 0.4) is 0 Å². The monoisotopic (exact) mass is 508 g/mol. The minimum atomic E-state index is -4.85. The Kier molecular flexibility index (Phi) is 7.36. The highest BCUT2D eigenvalue weighted by molar-refractivity contribution is 7.92. The van der Waals surface area contributed by atoms with Gasteiger partial charge in [-0.3, -0.25) is 0 Å². The van der Waals surface area contributed by atoms with Crippen LogP contribution in [0.1, 0.15) is 43.0 Å². The Bertz CT molecular complexity index is 1180. The van der Waals surface area contributed by atoms with Gasteiger partial charge in [-0.05, 0) is 56.7 Å². The Morgan fingerprint density at radius 1 is 0.912 bits per heavy atom. The van der Waals surface area contributed by atoms with E-state index >= 15 is 0 Å². The van der Waals surface area contributed by atoms with E-state index in [0.29, 0.717) is 18.2 Å². The lowest BCUT2D eigenvalue weighted by atomic mass is 9.94. The maximum absolute atomic E-state index is 13.2. The number of hydrogen-bond donors (Lipinski definition) is 2. The van der Waals surface area contributed by atoms with E-state index in [-0.39, 0.29) is 11.3 Å². The van der Waals surface area contributed by atoms with Gasteiger partial charge in [0.2, 0.25) is 0 Å². The summed E-state index contributed by atoms with van der Waals surface area (Å²) >= 11 is 0. The third-order valence-electron chi connectivity index (χ3n) is 5.14. The first-order valence-electron chi connectivity index (χ1n) is 9.78. The lowest BCUT2D eigenvalue weighted by Crippen LogP contribution is -2.45. The summed E-state index contributed by atoms with van der Waals surface area (Å²) in [5, 5.41) is 22.7. The highest BCUT2D eigenvalue weighted by atomic mass is 32.2. The van der Waals surface area contributed by atoms with E-state index < -0.39 is 61.5 Å². The minimum absolute atomic E-state index is 0.175. The van der Waals surface area contributed by atoms with Gasteiger partial charge in [0, 0.05) is 12.2 Å². The van der Waals surface area contributed by atoms with Crippen molar-refractivity contribution in [2.45, 2.75) is 43.5 Å². The molecule has 0 aliphatic heterocycles. The molecule has 2 aromatic rings. The smallest absolute Gasteiger partial charge is 0.382 e. The summed E-state index contributed by atoms with van der Waals surface area (Å²) in [5.41, 5.74) is -5.53. The molecule has 1 atom stereocenters. The van der Waals surface area contributed by atoms with Crippen LogP contribution in [-0.2, 0) is 27.8 Å². The number of halogens is 6. The number of benzene rings is 2. The first-order valence-corrected chi connectivity index (χ1v) is 11.4. The number of nitrogens with one attached hydrogen (secondary N) is 1. The van der Waals surface area contributed by atoms with Gasteiger partial charge < -0.3 is 10.4 Å². The van der Waals surface area contributed by atoms with Gasteiger partial charge in [0.05, 0.1) is 33.3 Å². The van der Waals surface area contributed by atoms with Crippen LogP contribution in [0.4, 0.5) is 32.0 Å². The summed E-state index contributed by atoms with van der Waals surface area (Å²) in [7, 11) is -4.02. The van der Waals surface area contributed by atoms with Gasteiger partial charge in [0.1, 0.15) is 5.60 Å². The fourth-order valence-corrected chi connectivity index (χ4v) is 4.30. The molecule has 5 nitrogen and oxygen atoms in total. The van der Waals surface area contributed by atoms with Crippen molar-refractivity contribution in [1.82, 2.24) is 0 Å². The van der Waals surface area contributed by atoms with Gasteiger partial charge >= 0.3 is 12.4 Å². The Morgan fingerprint density at radius 3 is 1.88 bits per heavy atom. The number of anilines is 1. The van der Waals surface area contributed by atoms with Crippen molar-refractivity contribution >= 4 is 15.5 Å². The first-order chi connectivity index (χ1) is 15.3. The van der Waals surface area contributed by atoms with E-state index in [1.807, 2.05) is 0 Å². The van der Waals surface area contributed by atoms with E-state index in [0.717, 1.165) is 24.3 Å². The average Bonchev–Trinajstić information content (AvgIpc) is 2.70. The van der Waals surface area contributed by atoms with Crippen molar-refractivity contribution in [2.24, 2.45) is 0 Å². The molecule has 0 spiro atoms. The SMILES string of the molecule is CC(C)(C)S(=O)(=O)CC(O)(CNc1ccc(C#N)c(C(F)(F)F)c1)c1ccc(C(F)(F)F)cc1. The molecule has 2 N–H and O–H groups in total. The van der Waals surface area contributed by atoms with Crippen LogP contribution in [0.15, 0.2) is 42.5 Å². The standard InChI is InChI=1S/C22H22F6N2O3S/c1-19(2,3)34(32,33)13-20(31,15-5-7-16(8-6-15)21(23,24)25)12-30-17-9-4-14(11-29)18(10-17)22(26,27)28/h4-10,30-31H,12-13H2,1-3H3. The molecule has 0 bridgehead atoms. The fraction of sp³-hybridized carbons (Fsp3) is 0.409. The van der Waals surface area contributed by atoms with Crippen LogP contribution in [-0.4, -0.2) is 30.6 Å². The summed E-state index contributed by atoms with van der Waals surface area (Å²) in [5.74, 6) is -0.912. The molecule has 34 heavy (non-hydrogen) atoms. The fourth-order valence-electron chi connectivity index (χ4n) is 2.97. The number of rotatable bonds is 6. The predicted molar refractivity (Wildman–Crippen MR) is 114 cm³/mol. The van der Waals surface area contributed by atoms with Gasteiger partial charge in [-0.15, -0.1) is 0 Å². The molecule has 2 rings (SSSR count). The third-order valence-corrected chi connectivity index (χ3v) is 7.87. The Balaban J connectivity index is 2.49. The van der Waals surface area contributed by atoms with Crippen molar-refractivity contribution in [3.05, 3.63) is 64.7 Å². The molecule has 0 fully saturated rings. The molecule has 1 unspecified atom stereocenters. The van der Waals surface area contributed by atoms with E-state index in [2.05, 4.69) is 5.32 Å². The van der Waals surface area contributed by atoms with Gasteiger partial charge in [0.15, 0.2) is 9.84 Å². The second-order valence-corrected chi connectivity index (χ2v) is 11.4. The molecule has 0 saturated carbocycles. The summed E-state index contributed by atoms with van der Waals surface area (Å²) < 4.78 is 103. The topological polar surface area (TPSA) is 90.2 Å². The van der Waals surface area contributed by atoms with Crippen LogP contribution in [0.5, 0.6) is 0 Å². The zero-order valence-corrected chi connectivity index (χ0v) is 19.2. The van der Waals surface area contributed by atoms with Crippen molar-refractivity contribution in [3.8, 4) is 6.07 Å². The van der Waals surface area contributed by atoms with Crippen LogP contribution < -0.4 is 5.32 Å². The van der Waals surface area contributed by atoms with Gasteiger partial charge in [-0.25, -0.2) is 8.42 Å². The molecule has 12 heteroatoms. The zero-order valence-electron chi connectivity index (χ0n) is 18.3. The van der Waals surface area contributed by atoms with Crippen molar-refractivity contribution < 1.29 is 39.9 Å². The van der Waals surface area contributed by atoms with Crippen LogP contribution >= 0.6 is 0 Å². The largest absolute Gasteiger partial charge is 0.417 e. The Labute approximate surface area is 192 Å². The molecule has 0 heterocycles. The van der Waals surface area contributed by atoms with Gasteiger partial charge in [0.25, 0.3) is 0 Å². The number of nitrogens with zero attached hydrogens (tertiary/aromatic N) is 1. The van der Waals surface area contributed by atoms with E-state index in [1.54, 1.807) is 0 Å². The second-order valence-electron chi connectivity index (χ2n) is 8.70. The van der Waals surface area contributed by atoms with Crippen molar-refractivity contribution in [2.75, 3.05) is 17.6 Å². The number of aliphatic hydroxyl groups is 1. The zero-order chi connectivity index (χ0) is 26.2. The maximum atomic E-state index is 13.2. The molecule has 2 aromatic carbocycles. The van der Waals surface area contributed by atoms with Crippen LogP contribution in [0.2, 0.25) is 0 Å². The highest BCUT2D eigenvalue weighted by Gasteiger charge is 2.41. The Morgan fingerprint density at radius 2 is 1.44 bits per heavy atom. The molecular formula is C22H22F6N2O3S. The molecule has 186 valence electrons.